The van der Waals surface area contributed by atoms with Crippen molar-refractivity contribution in [2.45, 2.75) is 20.5 Å². The SMILES string of the molecule is Cc1cc(C=C(C#N)c2ccccc2Cl)c(C)n1-c1ccc(OCc2ccc(Br)cc2)cc1. The number of aryl methyl sites for hydroxylation is 1. The maximum Gasteiger partial charge on any atom is 0.119 e. The molecule has 0 unspecified atom stereocenters. The standard InChI is InChI=1S/C28H22BrClN2O/c1-19-15-22(16-23(17-31)27-5-3-4-6-28(27)30)20(2)32(19)25-11-13-26(14-12-25)33-18-21-7-9-24(29)10-8-21/h3-16H,18H2,1-2H3. The van der Waals surface area contributed by atoms with Gasteiger partial charge in [-0.25, -0.2) is 0 Å². The summed E-state index contributed by atoms with van der Waals surface area (Å²) in [5.74, 6) is 0.815. The number of nitriles is 1. The molecular formula is C28H22BrClN2O. The quantitative estimate of drug-likeness (QED) is 0.242. The number of allylic oxidation sites excluding steroid dienone is 1. The van der Waals surface area contributed by atoms with Crippen LogP contribution in [0.1, 0.15) is 28.1 Å². The van der Waals surface area contributed by atoms with Gasteiger partial charge in [0.25, 0.3) is 0 Å². The average Bonchev–Trinajstić information content (AvgIpc) is 3.10. The zero-order valence-corrected chi connectivity index (χ0v) is 20.7. The van der Waals surface area contributed by atoms with Crippen molar-refractivity contribution >= 4 is 39.2 Å². The first-order chi connectivity index (χ1) is 16.0. The van der Waals surface area contributed by atoms with E-state index in [0.29, 0.717) is 17.2 Å². The monoisotopic (exact) mass is 516 g/mol. The van der Waals surface area contributed by atoms with Gasteiger partial charge in [0.05, 0.1) is 11.6 Å². The molecule has 3 aromatic carbocycles. The third-order valence-electron chi connectivity index (χ3n) is 5.47. The highest BCUT2D eigenvalue weighted by atomic mass is 79.9. The van der Waals surface area contributed by atoms with Gasteiger partial charge in [0.2, 0.25) is 0 Å². The van der Waals surface area contributed by atoms with Crippen LogP contribution in [0.4, 0.5) is 0 Å². The minimum atomic E-state index is 0.516. The van der Waals surface area contributed by atoms with E-state index in [4.69, 9.17) is 16.3 Å². The van der Waals surface area contributed by atoms with E-state index in [1.165, 1.54) is 0 Å². The summed E-state index contributed by atoms with van der Waals surface area (Å²) >= 11 is 9.76. The lowest BCUT2D eigenvalue weighted by Gasteiger charge is -2.12. The predicted octanol–water partition coefficient (Wildman–Crippen LogP) is 8.15. The van der Waals surface area contributed by atoms with Crippen molar-refractivity contribution in [2.24, 2.45) is 0 Å². The van der Waals surface area contributed by atoms with Crippen molar-refractivity contribution in [3.8, 4) is 17.5 Å². The number of ether oxygens (including phenoxy) is 1. The number of aromatic nitrogens is 1. The first kappa shape index (κ1) is 22.9. The maximum atomic E-state index is 9.73. The Balaban J connectivity index is 1.57. The van der Waals surface area contributed by atoms with Gasteiger partial charge in [-0.1, -0.05) is 57.9 Å². The lowest BCUT2D eigenvalue weighted by atomic mass is 10.0. The van der Waals surface area contributed by atoms with Crippen LogP contribution in [0.5, 0.6) is 5.75 Å². The molecule has 4 rings (SSSR count). The highest BCUT2D eigenvalue weighted by Gasteiger charge is 2.12. The van der Waals surface area contributed by atoms with Crippen LogP contribution >= 0.6 is 27.5 Å². The van der Waals surface area contributed by atoms with Gasteiger partial charge in [-0.05, 0) is 79.6 Å². The summed E-state index contributed by atoms with van der Waals surface area (Å²) in [4.78, 5) is 0. The fourth-order valence-electron chi connectivity index (χ4n) is 3.78. The van der Waals surface area contributed by atoms with E-state index in [0.717, 1.165) is 44.0 Å². The summed E-state index contributed by atoms with van der Waals surface area (Å²) < 4.78 is 9.16. The van der Waals surface area contributed by atoms with Crippen molar-refractivity contribution in [1.29, 1.82) is 5.26 Å². The highest BCUT2D eigenvalue weighted by Crippen LogP contribution is 2.29. The van der Waals surface area contributed by atoms with Crippen molar-refractivity contribution in [2.75, 3.05) is 0 Å². The Morgan fingerprint density at radius 1 is 1.03 bits per heavy atom. The lowest BCUT2D eigenvalue weighted by Crippen LogP contribution is -2.00. The zero-order chi connectivity index (χ0) is 23.4. The van der Waals surface area contributed by atoms with E-state index < -0.39 is 0 Å². The molecule has 0 atom stereocenters. The second-order valence-electron chi connectivity index (χ2n) is 7.72. The van der Waals surface area contributed by atoms with Crippen molar-refractivity contribution in [3.63, 3.8) is 0 Å². The molecule has 1 aromatic heterocycles. The Morgan fingerprint density at radius 2 is 1.73 bits per heavy atom. The molecule has 164 valence electrons. The molecule has 0 radical (unpaired) electrons. The minimum Gasteiger partial charge on any atom is -0.489 e. The van der Waals surface area contributed by atoms with Crippen molar-refractivity contribution in [1.82, 2.24) is 4.57 Å². The van der Waals surface area contributed by atoms with Gasteiger partial charge in [-0.15, -0.1) is 0 Å². The first-order valence-corrected chi connectivity index (χ1v) is 11.7. The molecule has 0 amide bonds. The molecule has 0 saturated heterocycles. The van der Waals surface area contributed by atoms with Crippen LogP contribution in [0.3, 0.4) is 0 Å². The zero-order valence-electron chi connectivity index (χ0n) is 18.3. The molecule has 0 spiro atoms. The van der Waals surface area contributed by atoms with Gasteiger partial charge in [0.1, 0.15) is 12.4 Å². The van der Waals surface area contributed by atoms with Gasteiger partial charge < -0.3 is 9.30 Å². The van der Waals surface area contributed by atoms with E-state index in [2.05, 4.69) is 46.5 Å². The molecule has 0 aliphatic carbocycles. The number of benzene rings is 3. The number of hydrogen-bond donors (Lipinski definition) is 0. The second-order valence-corrected chi connectivity index (χ2v) is 9.04. The number of halogens is 2. The summed E-state index contributed by atoms with van der Waals surface area (Å²) in [7, 11) is 0. The van der Waals surface area contributed by atoms with Gasteiger partial charge >= 0.3 is 0 Å². The Kier molecular flexibility index (Phi) is 7.03. The molecule has 3 nitrogen and oxygen atoms in total. The Labute approximate surface area is 207 Å². The van der Waals surface area contributed by atoms with Crippen LogP contribution < -0.4 is 4.74 Å². The summed E-state index contributed by atoms with van der Waals surface area (Å²) in [6, 6.07) is 27.9. The van der Waals surface area contributed by atoms with Gasteiger partial charge in [0, 0.05) is 32.1 Å². The largest absolute Gasteiger partial charge is 0.489 e. The third kappa shape index (κ3) is 5.22. The van der Waals surface area contributed by atoms with Gasteiger partial charge in [-0.3, -0.25) is 0 Å². The summed E-state index contributed by atoms with van der Waals surface area (Å²) in [5.41, 5.74) is 6.55. The average molecular weight is 518 g/mol. The van der Waals surface area contributed by atoms with Crippen molar-refractivity contribution < 1.29 is 4.74 Å². The summed E-state index contributed by atoms with van der Waals surface area (Å²) in [6.45, 7) is 4.63. The summed E-state index contributed by atoms with van der Waals surface area (Å²) in [6.07, 6.45) is 1.90. The molecule has 5 heteroatoms. The number of hydrogen-bond acceptors (Lipinski definition) is 2. The molecule has 1 heterocycles. The van der Waals surface area contributed by atoms with Crippen LogP contribution in [0, 0.1) is 25.2 Å². The molecule has 4 aromatic rings. The van der Waals surface area contributed by atoms with E-state index in [-0.39, 0.29) is 0 Å². The fraction of sp³-hybridized carbons (Fsp3) is 0.107. The van der Waals surface area contributed by atoms with Crippen molar-refractivity contribution in [3.05, 3.63) is 116 Å². The Morgan fingerprint density at radius 3 is 2.39 bits per heavy atom. The van der Waals surface area contributed by atoms with Gasteiger partial charge in [-0.2, -0.15) is 5.26 Å². The molecule has 0 bridgehead atoms. The van der Waals surface area contributed by atoms with E-state index in [9.17, 15) is 5.26 Å². The fourth-order valence-corrected chi connectivity index (χ4v) is 4.28. The topological polar surface area (TPSA) is 38.0 Å². The normalized spacial score (nSPS) is 11.3. The lowest BCUT2D eigenvalue weighted by molar-refractivity contribution is 0.306. The highest BCUT2D eigenvalue weighted by molar-refractivity contribution is 9.10. The van der Waals surface area contributed by atoms with Crippen LogP contribution in [0.15, 0.2) is 83.3 Å². The van der Waals surface area contributed by atoms with E-state index in [1.54, 1.807) is 6.07 Å². The predicted molar refractivity (Wildman–Crippen MR) is 139 cm³/mol. The number of nitrogens with zero attached hydrogens (tertiary/aromatic N) is 2. The molecule has 33 heavy (non-hydrogen) atoms. The third-order valence-corrected chi connectivity index (χ3v) is 6.33. The molecule has 0 saturated carbocycles. The first-order valence-electron chi connectivity index (χ1n) is 10.5. The van der Waals surface area contributed by atoms with Crippen LogP contribution in [-0.4, -0.2) is 4.57 Å². The molecule has 0 aliphatic rings. The molecule has 0 fully saturated rings. The van der Waals surface area contributed by atoms with Crippen LogP contribution in [0.2, 0.25) is 5.02 Å². The Hall–Kier alpha value is -3.26. The molecule has 0 aliphatic heterocycles. The molecule has 0 N–H and O–H groups in total. The van der Waals surface area contributed by atoms with Gasteiger partial charge in [0.15, 0.2) is 0 Å². The second kappa shape index (κ2) is 10.1. The van der Waals surface area contributed by atoms with Crippen LogP contribution in [0.25, 0.3) is 17.3 Å². The minimum absolute atomic E-state index is 0.516. The van der Waals surface area contributed by atoms with E-state index >= 15 is 0 Å². The number of rotatable bonds is 6. The molecular weight excluding hydrogens is 496 g/mol. The Bertz CT molecular complexity index is 1350. The smallest absolute Gasteiger partial charge is 0.119 e. The summed E-state index contributed by atoms with van der Waals surface area (Å²) in [5, 5.41) is 10.3. The van der Waals surface area contributed by atoms with E-state index in [1.807, 2.05) is 72.8 Å². The maximum absolute atomic E-state index is 9.73. The van der Waals surface area contributed by atoms with Crippen LogP contribution in [-0.2, 0) is 6.61 Å².